The number of benzene rings is 1. The molecule has 3 aromatic rings. The summed E-state index contributed by atoms with van der Waals surface area (Å²) in [5, 5.41) is 5.95. The van der Waals surface area contributed by atoms with E-state index in [9.17, 15) is 8.42 Å². The van der Waals surface area contributed by atoms with Gasteiger partial charge in [-0.2, -0.15) is 5.10 Å². The van der Waals surface area contributed by atoms with Gasteiger partial charge in [-0.1, -0.05) is 11.6 Å². The number of nitrogens with zero attached hydrogens (tertiary/aromatic N) is 2. The lowest BCUT2D eigenvalue weighted by Crippen LogP contribution is -2.27. The van der Waals surface area contributed by atoms with Crippen molar-refractivity contribution in [1.82, 2.24) is 19.5 Å². The Kier molecular flexibility index (Phi) is 4.90. The fraction of sp³-hybridized carbons (Fsp3) is 0.353. The second-order valence-corrected chi connectivity index (χ2v) is 8.11. The minimum Gasteiger partial charge on any atom is -0.361 e. The van der Waals surface area contributed by atoms with Crippen LogP contribution in [0.1, 0.15) is 23.9 Å². The van der Waals surface area contributed by atoms with Crippen LogP contribution in [-0.4, -0.2) is 29.7 Å². The number of halogens is 1. The fourth-order valence-corrected chi connectivity index (χ4v) is 4.74. The molecule has 8 heteroatoms. The van der Waals surface area contributed by atoms with Gasteiger partial charge < -0.3 is 4.98 Å². The molecule has 0 saturated heterocycles. The van der Waals surface area contributed by atoms with Gasteiger partial charge in [0.1, 0.15) is 4.90 Å². The van der Waals surface area contributed by atoms with Crippen LogP contribution >= 0.6 is 11.6 Å². The molecule has 0 aliphatic rings. The van der Waals surface area contributed by atoms with E-state index >= 15 is 0 Å². The highest BCUT2D eigenvalue weighted by molar-refractivity contribution is 7.89. The summed E-state index contributed by atoms with van der Waals surface area (Å²) in [6.45, 7) is 6.37. The van der Waals surface area contributed by atoms with Crippen molar-refractivity contribution in [2.24, 2.45) is 0 Å². The predicted octanol–water partition coefficient (Wildman–Crippen LogP) is 3.18. The number of fused-ring (bicyclic) bond motifs is 1. The van der Waals surface area contributed by atoms with Crippen molar-refractivity contribution in [3.8, 4) is 0 Å². The molecule has 0 bridgehead atoms. The monoisotopic (exact) mass is 380 g/mol. The van der Waals surface area contributed by atoms with E-state index in [0.29, 0.717) is 35.9 Å². The Hall–Kier alpha value is -1.83. The summed E-state index contributed by atoms with van der Waals surface area (Å²) < 4.78 is 29.7. The topological polar surface area (TPSA) is 79.8 Å². The van der Waals surface area contributed by atoms with Gasteiger partial charge in [-0.05, 0) is 51.0 Å². The van der Waals surface area contributed by atoms with Gasteiger partial charge in [-0.3, -0.25) is 4.68 Å². The maximum Gasteiger partial charge on any atom is 0.244 e. The van der Waals surface area contributed by atoms with Gasteiger partial charge in [-0.25, -0.2) is 13.1 Å². The minimum absolute atomic E-state index is 0.274. The van der Waals surface area contributed by atoms with Crippen LogP contribution in [0.5, 0.6) is 0 Å². The van der Waals surface area contributed by atoms with Crippen molar-refractivity contribution in [2.75, 3.05) is 6.54 Å². The molecule has 0 spiro atoms. The van der Waals surface area contributed by atoms with Gasteiger partial charge in [0, 0.05) is 35.2 Å². The fourth-order valence-electron chi connectivity index (χ4n) is 3.13. The predicted molar refractivity (Wildman–Crippen MR) is 99.6 cm³/mol. The van der Waals surface area contributed by atoms with Crippen molar-refractivity contribution >= 4 is 32.5 Å². The van der Waals surface area contributed by atoms with Gasteiger partial charge in [0.05, 0.1) is 11.4 Å². The second-order valence-electron chi connectivity index (χ2n) is 5.97. The largest absolute Gasteiger partial charge is 0.361 e. The van der Waals surface area contributed by atoms with Crippen molar-refractivity contribution in [3.63, 3.8) is 0 Å². The van der Waals surface area contributed by atoms with Crippen LogP contribution in [-0.2, 0) is 23.0 Å². The quantitative estimate of drug-likeness (QED) is 0.689. The van der Waals surface area contributed by atoms with Gasteiger partial charge >= 0.3 is 0 Å². The number of hydrogen-bond acceptors (Lipinski definition) is 3. The number of sulfonamides is 1. The molecule has 0 amide bonds. The molecule has 0 fully saturated rings. The first-order chi connectivity index (χ1) is 11.8. The molecule has 0 saturated carbocycles. The second kappa shape index (κ2) is 6.82. The zero-order chi connectivity index (χ0) is 18.2. The molecule has 0 aliphatic heterocycles. The van der Waals surface area contributed by atoms with Crippen molar-refractivity contribution < 1.29 is 8.42 Å². The van der Waals surface area contributed by atoms with Crippen LogP contribution < -0.4 is 4.72 Å². The molecule has 25 heavy (non-hydrogen) atoms. The highest BCUT2D eigenvalue weighted by Crippen LogP contribution is 2.23. The first-order valence-corrected chi connectivity index (χ1v) is 9.98. The molecule has 134 valence electrons. The third-order valence-corrected chi connectivity index (χ3v) is 6.25. The number of aryl methyl sites for hydroxylation is 2. The normalized spacial score (nSPS) is 12.2. The maximum atomic E-state index is 12.7. The molecule has 1 aromatic carbocycles. The highest BCUT2D eigenvalue weighted by atomic mass is 35.5. The summed E-state index contributed by atoms with van der Waals surface area (Å²) in [4.78, 5) is 3.45. The first kappa shape index (κ1) is 18.0. The van der Waals surface area contributed by atoms with E-state index < -0.39 is 10.0 Å². The van der Waals surface area contributed by atoms with Crippen LogP contribution in [0.3, 0.4) is 0 Å². The molecule has 3 rings (SSSR count). The average Bonchev–Trinajstić information content (AvgIpc) is 3.07. The number of aromatic amines is 1. The zero-order valence-corrected chi connectivity index (χ0v) is 16.0. The Balaban J connectivity index is 1.77. The molecule has 0 unspecified atom stereocenters. The molecule has 0 radical (unpaired) electrons. The van der Waals surface area contributed by atoms with Crippen LogP contribution in [0.4, 0.5) is 0 Å². The SMILES string of the molecule is CCn1nc(C)c(S(=O)(=O)NCCc2c[nH]c3ccc(Cl)cc23)c1C. The van der Waals surface area contributed by atoms with Gasteiger partial charge in [-0.15, -0.1) is 0 Å². The van der Waals surface area contributed by atoms with E-state index in [1.807, 2.05) is 31.3 Å². The first-order valence-electron chi connectivity index (χ1n) is 8.12. The average molecular weight is 381 g/mol. The highest BCUT2D eigenvalue weighted by Gasteiger charge is 2.23. The summed E-state index contributed by atoms with van der Waals surface area (Å²) in [6, 6.07) is 5.62. The molecule has 0 aliphatic carbocycles. The summed E-state index contributed by atoms with van der Waals surface area (Å²) in [6.07, 6.45) is 2.46. The summed E-state index contributed by atoms with van der Waals surface area (Å²) in [5.74, 6) is 0. The van der Waals surface area contributed by atoms with Crippen molar-refractivity contribution in [3.05, 3.63) is 46.4 Å². The van der Waals surface area contributed by atoms with Gasteiger partial charge in [0.25, 0.3) is 0 Å². The zero-order valence-electron chi connectivity index (χ0n) is 14.4. The number of H-pyrrole nitrogens is 1. The Morgan fingerprint density at radius 3 is 2.76 bits per heavy atom. The summed E-state index contributed by atoms with van der Waals surface area (Å²) in [5.41, 5.74) is 3.19. The molecule has 6 nitrogen and oxygen atoms in total. The van der Waals surface area contributed by atoms with E-state index in [1.54, 1.807) is 18.5 Å². The molecule has 0 atom stereocenters. The standard InChI is InChI=1S/C17H21ClN4O2S/c1-4-22-12(3)17(11(2)21-22)25(23,24)20-8-7-13-10-19-16-6-5-14(18)9-15(13)16/h5-6,9-10,19-20H,4,7-8H2,1-3H3. The summed E-state index contributed by atoms with van der Waals surface area (Å²) in [7, 11) is -3.60. The van der Waals surface area contributed by atoms with Crippen LogP contribution in [0.2, 0.25) is 5.02 Å². The minimum atomic E-state index is -3.60. The molecule has 2 N–H and O–H groups in total. The van der Waals surface area contributed by atoms with Crippen LogP contribution in [0.15, 0.2) is 29.3 Å². The summed E-state index contributed by atoms with van der Waals surface area (Å²) >= 11 is 6.05. The Bertz CT molecular complexity index is 1020. The smallest absolute Gasteiger partial charge is 0.244 e. The number of rotatable bonds is 6. The van der Waals surface area contributed by atoms with Crippen LogP contribution in [0.25, 0.3) is 10.9 Å². The lowest BCUT2D eigenvalue weighted by atomic mass is 10.1. The van der Waals surface area contributed by atoms with Gasteiger partial charge in [0.15, 0.2) is 0 Å². The Labute approximate surface area is 152 Å². The van der Waals surface area contributed by atoms with Crippen molar-refractivity contribution in [1.29, 1.82) is 0 Å². The maximum absolute atomic E-state index is 12.7. The molecular formula is C17H21ClN4O2S. The lowest BCUT2D eigenvalue weighted by Gasteiger charge is -2.07. The lowest BCUT2D eigenvalue weighted by molar-refractivity contribution is 0.579. The van der Waals surface area contributed by atoms with Crippen LogP contribution in [0, 0.1) is 13.8 Å². The molecule has 2 aromatic heterocycles. The number of nitrogens with one attached hydrogen (secondary N) is 2. The molecular weight excluding hydrogens is 360 g/mol. The Morgan fingerprint density at radius 1 is 1.32 bits per heavy atom. The van der Waals surface area contributed by atoms with E-state index in [0.717, 1.165) is 16.5 Å². The Morgan fingerprint density at radius 2 is 2.08 bits per heavy atom. The third kappa shape index (κ3) is 3.44. The third-order valence-electron chi connectivity index (χ3n) is 4.30. The number of aromatic nitrogens is 3. The van der Waals surface area contributed by atoms with Crippen molar-refractivity contribution in [2.45, 2.75) is 38.6 Å². The van der Waals surface area contributed by atoms with E-state index in [4.69, 9.17) is 11.6 Å². The van der Waals surface area contributed by atoms with E-state index in [1.165, 1.54) is 0 Å². The number of hydrogen-bond donors (Lipinski definition) is 2. The van der Waals surface area contributed by atoms with E-state index in [-0.39, 0.29) is 4.90 Å². The van der Waals surface area contributed by atoms with Gasteiger partial charge in [0.2, 0.25) is 10.0 Å². The molecule has 2 heterocycles. The van der Waals surface area contributed by atoms with E-state index in [2.05, 4.69) is 14.8 Å².